The molecule has 1 heterocycles. The SMILES string of the molecule is COc1cccc(C2CCN(CCCN)CC2)c1. The normalized spacial score (nSPS) is 17.9. The van der Waals surface area contributed by atoms with Gasteiger partial charge in [0.2, 0.25) is 0 Å². The van der Waals surface area contributed by atoms with E-state index in [1.54, 1.807) is 7.11 Å². The second-order valence-electron chi connectivity index (χ2n) is 5.03. The highest BCUT2D eigenvalue weighted by Crippen LogP contribution is 2.29. The molecule has 1 fully saturated rings. The third kappa shape index (κ3) is 3.47. The van der Waals surface area contributed by atoms with Crippen molar-refractivity contribution in [1.82, 2.24) is 4.90 Å². The minimum absolute atomic E-state index is 0.689. The first kappa shape index (κ1) is 13.4. The van der Waals surface area contributed by atoms with Gasteiger partial charge in [-0.1, -0.05) is 12.1 Å². The van der Waals surface area contributed by atoms with Gasteiger partial charge < -0.3 is 15.4 Å². The summed E-state index contributed by atoms with van der Waals surface area (Å²) in [6, 6.07) is 8.51. The van der Waals surface area contributed by atoms with Crippen LogP contribution < -0.4 is 10.5 Å². The highest BCUT2D eigenvalue weighted by molar-refractivity contribution is 5.31. The number of hydrogen-bond acceptors (Lipinski definition) is 3. The molecule has 0 spiro atoms. The molecule has 1 aliphatic heterocycles. The molecule has 18 heavy (non-hydrogen) atoms. The zero-order valence-corrected chi connectivity index (χ0v) is 11.3. The number of hydrogen-bond donors (Lipinski definition) is 1. The number of piperidine rings is 1. The first-order valence-electron chi connectivity index (χ1n) is 6.90. The Labute approximate surface area is 110 Å². The minimum Gasteiger partial charge on any atom is -0.497 e. The third-order valence-corrected chi connectivity index (χ3v) is 3.83. The van der Waals surface area contributed by atoms with Crippen LogP contribution >= 0.6 is 0 Å². The summed E-state index contributed by atoms with van der Waals surface area (Å²) in [7, 11) is 1.73. The maximum absolute atomic E-state index is 5.56. The molecule has 0 saturated carbocycles. The zero-order valence-electron chi connectivity index (χ0n) is 11.3. The highest BCUT2D eigenvalue weighted by Gasteiger charge is 2.20. The summed E-state index contributed by atoms with van der Waals surface area (Å²) in [6.45, 7) is 4.35. The summed E-state index contributed by atoms with van der Waals surface area (Å²) in [4.78, 5) is 2.53. The van der Waals surface area contributed by atoms with E-state index in [0.29, 0.717) is 5.92 Å². The first-order chi connectivity index (χ1) is 8.83. The van der Waals surface area contributed by atoms with Crippen LogP contribution in [0.4, 0.5) is 0 Å². The van der Waals surface area contributed by atoms with Gasteiger partial charge in [-0.25, -0.2) is 0 Å². The molecule has 1 aromatic rings. The highest BCUT2D eigenvalue weighted by atomic mass is 16.5. The van der Waals surface area contributed by atoms with Crippen molar-refractivity contribution in [2.75, 3.05) is 33.3 Å². The molecule has 0 unspecified atom stereocenters. The lowest BCUT2D eigenvalue weighted by Gasteiger charge is -2.32. The Kier molecular flexibility index (Phi) is 5.02. The Morgan fingerprint density at radius 2 is 2.11 bits per heavy atom. The number of nitrogens with zero attached hydrogens (tertiary/aromatic N) is 1. The summed E-state index contributed by atoms with van der Waals surface area (Å²) >= 11 is 0. The van der Waals surface area contributed by atoms with E-state index in [9.17, 15) is 0 Å². The van der Waals surface area contributed by atoms with Crippen LogP contribution in [0.5, 0.6) is 5.75 Å². The van der Waals surface area contributed by atoms with Crippen molar-refractivity contribution in [3.05, 3.63) is 29.8 Å². The van der Waals surface area contributed by atoms with Gasteiger partial charge in [0.15, 0.2) is 0 Å². The molecule has 3 heteroatoms. The lowest BCUT2D eigenvalue weighted by molar-refractivity contribution is 0.211. The van der Waals surface area contributed by atoms with Crippen molar-refractivity contribution in [2.45, 2.75) is 25.2 Å². The molecule has 1 saturated heterocycles. The Bertz CT molecular complexity index is 359. The molecule has 0 bridgehead atoms. The Hall–Kier alpha value is -1.06. The Morgan fingerprint density at radius 3 is 2.78 bits per heavy atom. The largest absolute Gasteiger partial charge is 0.497 e. The van der Waals surface area contributed by atoms with Crippen molar-refractivity contribution in [3.63, 3.8) is 0 Å². The fraction of sp³-hybridized carbons (Fsp3) is 0.600. The predicted molar refractivity (Wildman–Crippen MR) is 75.1 cm³/mol. The molecule has 1 aromatic carbocycles. The topological polar surface area (TPSA) is 38.5 Å². The number of ether oxygens (including phenoxy) is 1. The van der Waals surface area contributed by atoms with Gasteiger partial charge in [-0.05, 0) is 69.1 Å². The van der Waals surface area contributed by atoms with E-state index in [1.807, 2.05) is 6.07 Å². The Balaban J connectivity index is 1.88. The number of likely N-dealkylation sites (tertiary alicyclic amines) is 1. The van der Waals surface area contributed by atoms with Gasteiger partial charge in [0, 0.05) is 0 Å². The zero-order chi connectivity index (χ0) is 12.8. The molecule has 0 amide bonds. The maximum Gasteiger partial charge on any atom is 0.119 e. The van der Waals surface area contributed by atoms with Crippen molar-refractivity contribution >= 4 is 0 Å². The van der Waals surface area contributed by atoms with E-state index < -0.39 is 0 Å². The molecular weight excluding hydrogens is 224 g/mol. The first-order valence-corrected chi connectivity index (χ1v) is 6.90. The number of nitrogens with two attached hydrogens (primary N) is 1. The summed E-state index contributed by atoms with van der Waals surface area (Å²) in [5, 5.41) is 0. The van der Waals surface area contributed by atoms with Gasteiger partial charge in [0.1, 0.15) is 5.75 Å². The van der Waals surface area contributed by atoms with Gasteiger partial charge in [0.25, 0.3) is 0 Å². The molecule has 1 aliphatic rings. The van der Waals surface area contributed by atoms with Crippen LogP contribution in [0.1, 0.15) is 30.7 Å². The average molecular weight is 248 g/mol. The molecule has 100 valence electrons. The lowest BCUT2D eigenvalue weighted by Crippen LogP contribution is -2.34. The van der Waals surface area contributed by atoms with E-state index in [2.05, 4.69) is 23.1 Å². The summed E-state index contributed by atoms with van der Waals surface area (Å²) < 4.78 is 5.30. The van der Waals surface area contributed by atoms with Gasteiger partial charge in [-0.3, -0.25) is 0 Å². The van der Waals surface area contributed by atoms with E-state index in [0.717, 1.165) is 25.3 Å². The second-order valence-corrected chi connectivity index (χ2v) is 5.03. The van der Waals surface area contributed by atoms with Crippen molar-refractivity contribution in [3.8, 4) is 5.75 Å². The van der Waals surface area contributed by atoms with Gasteiger partial charge in [-0.15, -0.1) is 0 Å². The van der Waals surface area contributed by atoms with Crippen LogP contribution in [0.2, 0.25) is 0 Å². The molecule has 2 N–H and O–H groups in total. The summed E-state index contributed by atoms with van der Waals surface area (Å²) in [6.07, 6.45) is 3.61. The maximum atomic E-state index is 5.56. The third-order valence-electron chi connectivity index (χ3n) is 3.83. The van der Waals surface area contributed by atoms with Crippen molar-refractivity contribution < 1.29 is 4.74 Å². The van der Waals surface area contributed by atoms with Crippen LogP contribution in [0, 0.1) is 0 Å². The van der Waals surface area contributed by atoms with Crippen LogP contribution in [-0.4, -0.2) is 38.2 Å². The predicted octanol–water partition coefficient (Wildman–Crippen LogP) is 2.22. The number of rotatable bonds is 5. The van der Waals surface area contributed by atoms with E-state index in [-0.39, 0.29) is 0 Å². The van der Waals surface area contributed by atoms with Crippen LogP contribution in [0.25, 0.3) is 0 Å². The summed E-state index contributed by atoms with van der Waals surface area (Å²) in [5.41, 5.74) is 6.98. The molecule has 2 rings (SSSR count). The number of benzene rings is 1. The van der Waals surface area contributed by atoms with Gasteiger partial charge >= 0.3 is 0 Å². The standard InChI is InChI=1S/C15H24N2O/c1-18-15-5-2-4-14(12-15)13-6-10-17(11-7-13)9-3-8-16/h2,4-5,12-13H,3,6-11,16H2,1H3. The quantitative estimate of drug-likeness (QED) is 0.868. The monoisotopic (exact) mass is 248 g/mol. The van der Waals surface area contributed by atoms with E-state index in [4.69, 9.17) is 10.5 Å². The van der Waals surface area contributed by atoms with Crippen molar-refractivity contribution in [2.24, 2.45) is 5.73 Å². The summed E-state index contributed by atoms with van der Waals surface area (Å²) in [5.74, 6) is 1.66. The van der Waals surface area contributed by atoms with Gasteiger partial charge in [0.05, 0.1) is 7.11 Å². The Morgan fingerprint density at radius 1 is 1.33 bits per heavy atom. The second kappa shape index (κ2) is 6.76. The van der Waals surface area contributed by atoms with Crippen LogP contribution in [0.15, 0.2) is 24.3 Å². The lowest BCUT2D eigenvalue weighted by atomic mass is 9.89. The van der Waals surface area contributed by atoms with E-state index in [1.165, 1.54) is 31.5 Å². The molecule has 0 aromatic heterocycles. The molecule has 0 radical (unpaired) electrons. The number of methoxy groups -OCH3 is 1. The minimum atomic E-state index is 0.689. The smallest absolute Gasteiger partial charge is 0.119 e. The fourth-order valence-electron chi connectivity index (χ4n) is 2.70. The fourth-order valence-corrected chi connectivity index (χ4v) is 2.70. The average Bonchev–Trinajstić information content (AvgIpc) is 2.46. The van der Waals surface area contributed by atoms with Crippen LogP contribution in [0.3, 0.4) is 0 Å². The van der Waals surface area contributed by atoms with Crippen molar-refractivity contribution in [1.29, 1.82) is 0 Å². The molecule has 3 nitrogen and oxygen atoms in total. The molecule has 0 aliphatic carbocycles. The molecule has 0 atom stereocenters. The van der Waals surface area contributed by atoms with Crippen LogP contribution in [-0.2, 0) is 0 Å². The van der Waals surface area contributed by atoms with E-state index >= 15 is 0 Å². The molecular formula is C15H24N2O. The van der Waals surface area contributed by atoms with Gasteiger partial charge in [-0.2, -0.15) is 0 Å².